The molecule has 0 aliphatic heterocycles. The van der Waals surface area contributed by atoms with Gasteiger partial charge in [-0.1, -0.05) is 6.07 Å². The van der Waals surface area contributed by atoms with Crippen LogP contribution in [0.3, 0.4) is 0 Å². The van der Waals surface area contributed by atoms with Crippen LogP contribution >= 0.6 is 15.9 Å². The van der Waals surface area contributed by atoms with E-state index in [1.807, 2.05) is 19.9 Å². The Bertz CT molecular complexity index is 355. The fourth-order valence-corrected chi connectivity index (χ4v) is 1.48. The van der Waals surface area contributed by atoms with Gasteiger partial charge in [-0.3, -0.25) is 0 Å². The standard InChI is InChI=1S/C12H17BrFNO/c1-12(2,16-3)8-15-7-9-4-5-10(13)11(14)6-9/h4-6,15H,7-8H2,1-3H3. The summed E-state index contributed by atoms with van der Waals surface area (Å²) in [5, 5.41) is 3.23. The molecule has 1 aromatic rings. The zero-order chi connectivity index (χ0) is 12.2. The molecule has 0 saturated heterocycles. The van der Waals surface area contributed by atoms with E-state index in [1.165, 1.54) is 6.07 Å². The number of benzene rings is 1. The molecule has 16 heavy (non-hydrogen) atoms. The van der Waals surface area contributed by atoms with Crippen molar-refractivity contribution in [3.8, 4) is 0 Å². The highest BCUT2D eigenvalue weighted by molar-refractivity contribution is 9.10. The highest BCUT2D eigenvalue weighted by Gasteiger charge is 2.15. The number of rotatable bonds is 5. The Kier molecular flexibility index (Phi) is 4.89. The lowest BCUT2D eigenvalue weighted by Crippen LogP contribution is -2.36. The summed E-state index contributed by atoms with van der Waals surface area (Å²) >= 11 is 3.13. The normalized spacial score (nSPS) is 11.8. The van der Waals surface area contributed by atoms with Crippen LogP contribution in [0.4, 0.5) is 4.39 Å². The van der Waals surface area contributed by atoms with Gasteiger partial charge in [0, 0.05) is 20.2 Å². The van der Waals surface area contributed by atoms with E-state index >= 15 is 0 Å². The molecule has 0 fully saturated rings. The molecule has 0 unspecified atom stereocenters. The third-order valence-electron chi connectivity index (χ3n) is 2.42. The molecule has 1 rings (SSSR count). The van der Waals surface area contributed by atoms with Crippen LogP contribution in [-0.2, 0) is 11.3 Å². The van der Waals surface area contributed by atoms with Gasteiger partial charge in [-0.05, 0) is 47.5 Å². The molecule has 4 heteroatoms. The summed E-state index contributed by atoms with van der Waals surface area (Å²) < 4.78 is 19.0. The molecule has 90 valence electrons. The highest BCUT2D eigenvalue weighted by atomic mass is 79.9. The summed E-state index contributed by atoms with van der Waals surface area (Å²) in [6.45, 7) is 5.36. The van der Waals surface area contributed by atoms with E-state index in [4.69, 9.17) is 4.74 Å². The van der Waals surface area contributed by atoms with Crippen molar-refractivity contribution in [2.45, 2.75) is 26.0 Å². The van der Waals surface area contributed by atoms with Gasteiger partial charge in [-0.25, -0.2) is 4.39 Å². The van der Waals surface area contributed by atoms with Gasteiger partial charge in [0.2, 0.25) is 0 Å². The van der Waals surface area contributed by atoms with Crippen molar-refractivity contribution in [1.29, 1.82) is 0 Å². The van der Waals surface area contributed by atoms with Gasteiger partial charge >= 0.3 is 0 Å². The average molecular weight is 290 g/mol. The first-order valence-corrected chi connectivity index (χ1v) is 5.94. The van der Waals surface area contributed by atoms with Gasteiger partial charge < -0.3 is 10.1 Å². The first-order valence-electron chi connectivity index (χ1n) is 5.14. The topological polar surface area (TPSA) is 21.3 Å². The van der Waals surface area contributed by atoms with Crippen molar-refractivity contribution in [2.24, 2.45) is 0 Å². The summed E-state index contributed by atoms with van der Waals surface area (Å²) in [6, 6.07) is 5.13. The Hall–Kier alpha value is -0.450. The zero-order valence-corrected chi connectivity index (χ0v) is 11.4. The maximum Gasteiger partial charge on any atom is 0.137 e. The summed E-state index contributed by atoms with van der Waals surface area (Å²) in [6.07, 6.45) is 0. The van der Waals surface area contributed by atoms with Crippen molar-refractivity contribution < 1.29 is 9.13 Å². The van der Waals surface area contributed by atoms with Gasteiger partial charge in [0.15, 0.2) is 0 Å². The largest absolute Gasteiger partial charge is 0.377 e. The van der Waals surface area contributed by atoms with Gasteiger partial charge in [0.25, 0.3) is 0 Å². The molecule has 0 heterocycles. The number of nitrogens with one attached hydrogen (secondary N) is 1. The van der Waals surface area contributed by atoms with Crippen LogP contribution in [-0.4, -0.2) is 19.3 Å². The Morgan fingerprint density at radius 3 is 2.69 bits per heavy atom. The fraction of sp³-hybridized carbons (Fsp3) is 0.500. The highest BCUT2D eigenvalue weighted by Crippen LogP contribution is 2.16. The Balaban J connectivity index is 2.46. The Labute approximate surface area is 104 Å². The second-order valence-electron chi connectivity index (χ2n) is 4.32. The molecule has 0 amide bonds. The molecule has 0 atom stereocenters. The number of hydrogen-bond donors (Lipinski definition) is 1. The number of ether oxygens (including phenoxy) is 1. The Morgan fingerprint density at radius 1 is 1.44 bits per heavy atom. The number of methoxy groups -OCH3 is 1. The SMILES string of the molecule is COC(C)(C)CNCc1ccc(Br)c(F)c1. The van der Waals surface area contributed by atoms with Crippen LogP contribution in [0.25, 0.3) is 0 Å². The third-order valence-corrected chi connectivity index (χ3v) is 3.06. The van der Waals surface area contributed by atoms with E-state index in [9.17, 15) is 4.39 Å². The lowest BCUT2D eigenvalue weighted by atomic mass is 10.1. The van der Waals surface area contributed by atoms with E-state index in [1.54, 1.807) is 13.2 Å². The lowest BCUT2D eigenvalue weighted by molar-refractivity contribution is 0.0230. The van der Waals surface area contributed by atoms with Crippen LogP contribution in [0.15, 0.2) is 22.7 Å². The maximum atomic E-state index is 13.2. The summed E-state index contributed by atoms with van der Waals surface area (Å²) in [7, 11) is 1.68. The molecule has 0 radical (unpaired) electrons. The quantitative estimate of drug-likeness (QED) is 0.899. The average Bonchev–Trinajstić information content (AvgIpc) is 2.23. The molecular formula is C12H17BrFNO. The van der Waals surface area contributed by atoms with Crippen LogP contribution in [0.2, 0.25) is 0 Å². The lowest BCUT2D eigenvalue weighted by Gasteiger charge is -2.23. The Morgan fingerprint density at radius 2 is 2.12 bits per heavy atom. The predicted octanol–water partition coefficient (Wildman–Crippen LogP) is 3.10. The molecule has 0 saturated carbocycles. The minimum absolute atomic E-state index is 0.200. The van der Waals surface area contributed by atoms with Crippen molar-refractivity contribution >= 4 is 15.9 Å². The van der Waals surface area contributed by atoms with Gasteiger partial charge in [-0.15, -0.1) is 0 Å². The van der Waals surface area contributed by atoms with E-state index in [0.717, 1.165) is 12.1 Å². The molecule has 0 spiro atoms. The second kappa shape index (κ2) is 5.75. The van der Waals surface area contributed by atoms with E-state index < -0.39 is 0 Å². The van der Waals surface area contributed by atoms with E-state index in [0.29, 0.717) is 11.0 Å². The van der Waals surface area contributed by atoms with Crippen molar-refractivity contribution in [2.75, 3.05) is 13.7 Å². The summed E-state index contributed by atoms with van der Waals surface area (Å²) in [5.74, 6) is -0.231. The molecule has 0 aromatic heterocycles. The molecule has 1 N–H and O–H groups in total. The number of hydrogen-bond acceptors (Lipinski definition) is 2. The molecule has 1 aromatic carbocycles. The zero-order valence-electron chi connectivity index (χ0n) is 9.81. The molecule has 2 nitrogen and oxygen atoms in total. The van der Waals surface area contributed by atoms with Crippen LogP contribution < -0.4 is 5.32 Å². The molecule has 0 aliphatic carbocycles. The smallest absolute Gasteiger partial charge is 0.137 e. The fourth-order valence-electron chi connectivity index (χ4n) is 1.23. The van der Waals surface area contributed by atoms with Crippen LogP contribution in [0.5, 0.6) is 0 Å². The monoisotopic (exact) mass is 289 g/mol. The third kappa shape index (κ3) is 4.20. The van der Waals surface area contributed by atoms with Crippen molar-refractivity contribution in [3.63, 3.8) is 0 Å². The maximum absolute atomic E-state index is 13.2. The van der Waals surface area contributed by atoms with Crippen LogP contribution in [0, 0.1) is 5.82 Å². The van der Waals surface area contributed by atoms with E-state index in [2.05, 4.69) is 21.2 Å². The molecule has 0 bridgehead atoms. The molecular weight excluding hydrogens is 273 g/mol. The van der Waals surface area contributed by atoms with Crippen molar-refractivity contribution in [1.82, 2.24) is 5.32 Å². The minimum Gasteiger partial charge on any atom is -0.377 e. The second-order valence-corrected chi connectivity index (χ2v) is 5.17. The van der Waals surface area contributed by atoms with Crippen molar-refractivity contribution in [3.05, 3.63) is 34.1 Å². The minimum atomic E-state index is -0.231. The first kappa shape index (κ1) is 13.6. The first-order chi connectivity index (χ1) is 7.44. The van der Waals surface area contributed by atoms with Crippen LogP contribution in [0.1, 0.15) is 19.4 Å². The summed E-state index contributed by atoms with van der Waals surface area (Å²) in [4.78, 5) is 0. The van der Waals surface area contributed by atoms with Gasteiger partial charge in [0.05, 0.1) is 10.1 Å². The van der Waals surface area contributed by atoms with Gasteiger partial charge in [0.1, 0.15) is 5.82 Å². The molecule has 0 aliphatic rings. The van der Waals surface area contributed by atoms with Gasteiger partial charge in [-0.2, -0.15) is 0 Å². The predicted molar refractivity (Wildman–Crippen MR) is 66.9 cm³/mol. The number of halogens is 2. The summed E-state index contributed by atoms with van der Waals surface area (Å²) in [5.41, 5.74) is 0.723. The van der Waals surface area contributed by atoms with E-state index in [-0.39, 0.29) is 11.4 Å².